The van der Waals surface area contributed by atoms with Gasteiger partial charge >= 0.3 is 0 Å². The molecule has 1 aromatic carbocycles. The molecular formula is C9H11NO2. The summed E-state index contributed by atoms with van der Waals surface area (Å²) in [4.78, 5) is 5.02. The number of ether oxygens (including phenoxy) is 1. The standard InChI is InChI=1S/C9H11NO2/c1-8-5-3-4-6-9(8)12-10-7-11-2/h3-7H,1-2H3/b10-7+. The average molecular weight is 165 g/mol. The first-order valence-corrected chi connectivity index (χ1v) is 3.62. The predicted octanol–water partition coefficient (Wildman–Crippen LogP) is 1.96. The predicted molar refractivity (Wildman–Crippen MR) is 47.3 cm³/mol. The van der Waals surface area contributed by atoms with E-state index in [1.165, 1.54) is 13.5 Å². The fourth-order valence-corrected chi connectivity index (χ4v) is 0.780. The number of benzene rings is 1. The molecule has 0 aliphatic carbocycles. The summed E-state index contributed by atoms with van der Waals surface area (Å²) in [6, 6.07) is 7.65. The second kappa shape index (κ2) is 4.38. The van der Waals surface area contributed by atoms with Gasteiger partial charge in [-0.25, -0.2) is 0 Å². The quantitative estimate of drug-likeness (QED) is 0.389. The molecule has 1 aromatic rings. The highest BCUT2D eigenvalue weighted by Crippen LogP contribution is 2.15. The van der Waals surface area contributed by atoms with Gasteiger partial charge in [-0.3, -0.25) is 0 Å². The first kappa shape index (κ1) is 8.59. The monoisotopic (exact) mass is 165 g/mol. The maximum atomic E-state index is 5.02. The molecule has 0 atom stereocenters. The van der Waals surface area contributed by atoms with Gasteiger partial charge in [0.15, 0.2) is 5.75 Å². The fraction of sp³-hybridized carbons (Fsp3) is 0.222. The zero-order valence-electron chi connectivity index (χ0n) is 7.15. The summed E-state index contributed by atoms with van der Waals surface area (Å²) in [6.07, 6.45) is 1.24. The van der Waals surface area contributed by atoms with Crippen molar-refractivity contribution >= 4 is 6.40 Å². The highest BCUT2D eigenvalue weighted by atomic mass is 16.6. The molecule has 3 nitrogen and oxygen atoms in total. The van der Waals surface area contributed by atoms with Gasteiger partial charge < -0.3 is 9.57 Å². The molecule has 0 unspecified atom stereocenters. The smallest absolute Gasteiger partial charge is 0.212 e. The Morgan fingerprint density at radius 1 is 1.33 bits per heavy atom. The van der Waals surface area contributed by atoms with Crippen LogP contribution in [-0.2, 0) is 4.74 Å². The Bertz CT molecular complexity index is 271. The number of aryl methyl sites for hydroxylation is 1. The summed E-state index contributed by atoms with van der Waals surface area (Å²) in [5.41, 5.74) is 1.05. The molecule has 0 saturated heterocycles. The maximum absolute atomic E-state index is 5.02. The summed E-state index contributed by atoms with van der Waals surface area (Å²) < 4.78 is 4.59. The Hall–Kier alpha value is -1.51. The Labute approximate surface area is 71.6 Å². The molecule has 64 valence electrons. The lowest BCUT2D eigenvalue weighted by molar-refractivity contribution is 0.314. The van der Waals surface area contributed by atoms with E-state index in [1.807, 2.05) is 31.2 Å². The molecule has 1 rings (SSSR count). The molecule has 0 aromatic heterocycles. The minimum Gasteiger partial charge on any atom is -0.484 e. The second-order valence-corrected chi connectivity index (χ2v) is 2.30. The zero-order chi connectivity index (χ0) is 8.81. The van der Waals surface area contributed by atoms with E-state index in [4.69, 9.17) is 4.84 Å². The Kier molecular flexibility index (Phi) is 3.14. The lowest BCUT2D eigenvalue weighted by Gasteiger charge is -2.00. The molecule has 0 saturated carbocycles. The topological polar surface area (TPSA) is 30.8 Å². The lowest BCUT2D eigenvalue weighted by atomic mass is 10.2. The summed E-state index contributed by atoms with van der Waals surface area (Å²) >= 11 is 0. The van der Waals surface area contributed by atoms with Gasteiger partial charge in [-0.2, -0.15) is 0 Å². The van der Waals surface area contributed by atoms with Crippen molar-refractivity contribution in [2.75, 3.05) is 7.11 Å². The largest absolute Gasteiger partial charge is 0.484 e. The van der Waals surface area contributed by atoms with Crippen LogP contribution in [0.25, 0.3) is 0 Å². The molecule has 0 radical (unpaired) electrons. The van der Waals surface area contributed by atoms with Gasteiger partial charge in [0.05, 0.1) is 7.11 Å². The van der Waals surface area contributed by atoms with E-state index in [1.54, 1.807) is 0 Å². The van der Waals surface area contributed by atoms with Gasteiger partial charge in [0.25, 0.3) is 0 Å². The Balaban J connectivity index is 2.63. The first-order valence-electron chi connectivity index (χ1n) is 3.62. The third-order valence-electron chi connectivity index (χ3n) is 1.39. The third kappa shape index (κ3) is 2.27. The van der Waals surface area contributed by atoms with Crippen LogP contribution in [-0.4, -0.2) is 13.5 Å². The van der Waals surface area contributed by atoms with Crippen molar-refractivity contribution < 1.29 is 9.57 Å². The molecule has 0 bridgehead atoms. The Morgan fingerprint density at radius 2 is 2.08 bits per heavy atom. The zero-order valence-corrected chi connectivity index (χ0v) is 7.15. The van der Waals surface area contributed by atoms with E-state index in [0.29, 0.717) is 0 Å². The van der Waals surface area contributed by atoms with E-state index in [9.17, 15) is 0 Å². The van der Waals surface area contributed by atoms with Gasteiger partial charge in [0.1, 0.15) is 0 Å². The normalized spacial score (nSPS) is 10.2. The third-order valence-corrected chi connectivity index (χ3v) is 1.39. The molecule has 0 heterocycles. The fourth-order valence-electron chi connectivity index (χ4n) is 0.780. The van der Waals surface area contributed by atoms with E-state index in [2.05, 4.69) is 9.89 Å². The van der Waals surface area contributed by atoms with Gasteiger partial charge in [-0.1, -0.05) is 18.2 Å². The van der Waals surface area contributed by atoms with Gasteiger partial charge in [-0.15, -0.1) is 0 Å². The highest BCUT2D eigenvalue weighted by Gasteiger charge is 1.94. The highest BCUT2D eigenvalue weighted by molar-refractivity contribution is 5.45. The van der Waals surface area contributed by atoms with Gasteiger partial charge in [0.2, 0.25) is 6.40 Å². The van der Waals surface area contributed by atoms with Crippen molar-refractivity contribution in [2.45, 2.75) is 6.92 Å². The Morgan fingerprint density at radius 3 is 2.75 bits per heavy atom. The van der Waals surface area contributed by atoms with Crippen molar-refractivity contribution in [2.24, 2.45) is 5.16 Å². The molecular weight excluding hydrogens is 154 g/mol. The molecule has 3 heteroatoms. The van der Waals surface area contributed by atoms with Crippen molar-refractivity contribution in [3.63, 3.8) is 0 Å². The van der Waals surface area contributed by atoms with E-state index in [0.717, 1.165) is 11.3 Å². The number of rotatable bonds is 3. The molecule has 0 spiro atoms. The van der Waals surface area contributed by atoms with Crippen molar-refractivity contribution in [3.8, 4) is 5.75 Å². The molecule has 0 fully saturated rings. The van der Waals surface area contributed by atoms with Crippen LogP contribution >= 0.6 is 0 Å². The van der Waals surface area contributed by atoms with Gasteiger partial charge in [-0.05, 0) is 23.7 Å². The molecule has 12 heavy (non-hydrogen) atoms. The number of para-hydroxylation sites is 1. The van der Waals surface area contributed by atoms with Crippen LogP contribution < -0.4 is 4.84 Å². The first-order chi connectivity index (χ1) is 5.84. The van der Waals surface area contributed by atoms with Gasteiger partial charge in [0, 0.05) is 0 Å². The number of hydrogen-bond donors (Lipinski definition) is 0. The average Bonchev–Trinajstić information content (AvgIpc) is 2.09. The maximum Gasteiger partial charge on any atom is 0.212 e. The van der Waals surface area contributed by atoms with Crippen LogP contribution in [0, 0.1) is 6.92 Å². The van der Waals surface area contributed by atoms with Crippen LogP contribution in [0.3, 0.4) is 0 Å². The SMILES string of the molecule is CO/C=N/Oc1ccccc1C. The number of oxime groups is 1. The van der Waals surface area contributed by atoms with Crippen LogP contribution in [0.2, 0.25) is 0 Å². The van der Waals surface area contributed by atoms with Crippen molar-refractivity contribution in [3.05, 3.63) is 29.8 Å². The summed E-state index contributed by atoms with van der Waals surface area (Å²) in [7, 11) is 1.52. The minimum atomic E-state index is 0.741. The number of hydrogen-bond acceptors (Lipinski definition) is 3. The van der Waals surface area contributed by atoms with E-state index in [-0.39, 0.29) is 0 Å². The molecule has 0 amide bonds. The summed E-state index contributed by atoms with van der Waals surface area (Å²) in [6.45, 7) is 1.96. The van der Waals surface area contributed by atoms with E-state index >= 15 is 0 Å². The number of methoxy groups -OCH3 is 1. The minimum absolute atomic E-state index is 0.741. The van der Waals surface area contributed by atoms with Crippen molar-refractivity contribution in [1.82, 2.24) is 0 Å². The van der Waals surface area contributed by atoms with Crippen LogP contribution in [0.15, 0.2) is 29.4 Å². The lowest BCUT2D eigenvalue weighted by Crippen LogP contribution is -1.87. The van der Waals surface area contributed by atoms with Crippen LogP contribution in [0.1, 0.15) is 5.56 Å². The summed E-state index contributed by atoms with van der Waals surface area (Å²) in [5, 5.41) is 3.57. The summed E-state index contributed by atoms with van der Waals surface area (Å²) in [5.74, 6) is 0.741. The van der Waals surface area contributed by atoms with E-state index < -0.39 is 0 Å². The van der Waals surface area contributed by atoms with Crippen LogP contribution in [0.4, 0.5) is 0 Å². The van der Waals surface area contributed by atoms with Crippen LogP contribution in [0.5, 0.6) is 5.75 Å². The number of nitrogens with zero attached hydrogens (tertiary/aromatic N) is 1. The molecule has 0 aliphatic heterocycles. The molecule has 0 aliphatic rings. The molecule has 0 N–H and O–H groups in total. The second-order valence-electron chi connectivity index (χ2n) is 2.30. The van der Waals surface area contributed by atoms with Crippen molar-refractivity contribution in [1.29, 1.82) is 0 Å².